The summed E-state index contributed by atoms with van der Waals surface area (Å²) in [5.41, 5.74) is -0.543. The number of rotatable bonds is 25. The van der Waals surface area contributed by atoms with Crippen molar-refractivity contribution in [1.29, 1.82) is 0 Å². The first kappa shape index (κ1) is 40.2. The number of amides is 3. The number of hydrogen-bond donors (Lipinski definition) is 4. The van der Waals surface area contributed by atoms with Crippen LogP contribution >= 0.6 is 11.8 Å². The minimum absolute atomic E-state index is 0.0561. The number of fused-ring (bicyclic) bond motifs is 1. The third kappa shape index (κ3) is 17.3. The highest BCUT2D eigenvalue weighted by atomic mass is 32.2. The van der Waals surface area contributed by atoms with Crippen molar-refractivity contribution < 1.29 is 33.3 Å². The molecule has 14 nitrogen and oxygen atoms in total. The number of anilines is 1. The first-order chi connectivity index (χ1) is 23.6. The molecule has 2 aliphatic heterocycles. The SMILES string of the molecule is C#CCCc1nc(CCCNC(=O)OC(C)(C)C)nc(NCCOCCOCCOCCCC(=O)CCCC[C@@H]2SC[C@@H]3NC(=O)N[C@@H]32)n1. The van der Waals surface area contributed by atoms with Gasteiger partial charge in [0.1, 0.15) is 23.0 Å². The molecule has 0 aromatic carbocycles. The van der Waals surface area contributed by atoms with Gasteiger partial charge in [-0.05, 0) is 46.5 Å². The van der Waals surface area contributed by atoms with E-state index in [0.717, 1.165) is 25.0 Å². The number of ketones is 1. The van der Waals surface area contributed by atoms with Crippen molar-refractivity contribution in [3.63, 3.8) is 0 Å². The van der Waals surface area contributed by atoms with E-state index in [-0.39, 0.29) is 23.9 Å². The number of ether oxygens (including phenoxy) is 4. The van der Waals surface area contributed by atoms with Gasteiger partial charge in [-0.25, -0.2) is 14.6 Å². The van der Waals surface area contributed by atoms with Gasteiger partial charge in [-0.3, -0.25) is 4.79 Å². The minimum atomic E-state index is -0.543. The van der Waals surface area contributed by atoms with E-state index in [1.807, 2.05) is 32.5 Å². The van der Waals surface area contributed by atoms with E-state index in [1.165, 1.54) is 0 Å². The summed E-state index contributed by atoms with van der Waals surface area (Å²) in [6.07, 6.45) is 12.1. The van der Waals surface area contributed by atoms with Gasteiger partial charge in [0.05, 0.1) is 45.1 Å². The number of unbranched alkanes of at least 4 members (excludes halogenated alkanes) is 1. The first-order valence-corrected chi connectivity index (χ1v) is 18.5. The van der Waals surface area contributed by atoms with Crippen molar-refractivity contribution in [3.05, 3.63) is 11.6 Å². The lowest BCUT2D eigenvalue weighted by Crippen LogP contribution is -2.36. The van der Waals surface area contributed by atoms with Crippen LogP contribution in [-0.2, 0) is 36.6 Å². The lowest BCUT2D eigenvalue weighted by Gasteiger charge is -2.19. The Morgan fingerprint density at radius 1 is 0.898 bits per heavy atom. The van der Waals surface area contributed by atoms with E-state index < -0.39 is 11.7 Å². The largest absolute Gasteiger partial charge is 0.444 e. The summed E-state index contributed by atoms with van der Waals surface area (Å²) < 4.78 is 22.1. The molecule has 3 atom stereocenters. The van der Waals surface area contributed by atoms with E-state index in [1.54, 1.807) is 0 Å². The van der Waals surface area contributed by atoms with E-state index in [9.17, 15) is 14.4 Å². The molecular weight excluding hydrogens is 650 g/mol. The number of urea groups is 1. The summed E-state index contributed by atoms with van der Waals surface area (Å²) in [4.78, 5) is 49.0. The number of aryl methyl sites for hydroxylation is 2. The predicted molar refractivity (Wildman–Crippen MR) is 189 cm³/mol. The lowest BCUT2D eigenvalue weighted by atomic mass is 10.0. The minimum Gasteiger partial charge on any atom is -0.444 e. The molecule has 274 valence electrons. The third-order valence-electron chi connectivity index (χ3n) is 7.62. The van der Waals surface area contributed by atoms with Crippen LogP contribution in [0.1, 0.15) is 83.8 Å². The molecule has 0 aliphatic carbocycles. The zero-order valence-corrected chi connectivity index (χ0v) is 30.2. The van der Waals surface area contributed by atoms with Crippen molar-refractivity contribution in [2.45, 2.75) is 108 Å². The zero-order valence-electron chi connectivity index (χ0n) is 29.4. The average molecular weight is 706 g/mol. The van der Waals surface area contributed by atoms with Crippen LogP contribution in [0.5, 0.6) is 0 Å². The quantitative estimate of drug-likeness (QED) is 0.0664. The normalized spacial score (nSPS) is 18.3. The molecule has 0 spiro atoms. The Labute approximate surface area is 295 Å². The van der Waals surface area contributed by atoms with E-state index >= 15 is 0 Å². The molecule has 3 rings (SSSR count). The van der Waals surface area contributed by atoms with Crippen molar-refractivity contribution in [2.24, 2.45) is 0 Å². The smallest absolute Gasteiger partial charge is 0.407 e. The molecule has 4 N–H and O–H groups in total. The molecule has 0 radical (unpaired) electrons. The van der Waals surface area contributed by atoms with Crippen LogP contribution < -0.4 is 21.3 Å². The molecule has 2 aliphatic rings. The zero-order chi connectivity index (χ0) is 35.3. The molecule has 3 amide bonds. The lowest BCUT2D eigenvalue weighted by molar-refractivity contribution is -0.119. The monoisotopic (exact) mass is 705 g/mol. The van der Waals surface area contributed by atoms with Gasteiger partial charge < -0.3 is 40.2 Å². The Hall–Kier alpha value is -3.19. The number of hydrogen-bond acceptors (Lipinski definition) is 12. The van der Waals surface area contributed by atoms with Crippen LogP contribution in [-0.4, -0.2) is 114 Å². The maximum absolute atomic E-state index is 12.2. The number of nitrogens with one attached hydrogen (secondary N) is 4. The fourth-order valence-electron chi connectivity index (χ4n) is 5.29. The van der Waals surface area contributed by atoms with E-state index in [0.29, 0.717) is 121 Å². The van der Waals surface area contributed by atoms with Gasteiger partial charge in [0.15, 0.2) is 0 Å². The highest BCUT2D eigenvalue weighted by molar-refractivity contribution is 8.00. The third-order valence-corrected chi connectivity index (χ3v) is 9.13. The Morgan fingerprint density at radius 3 is 2.33 bits per heavy atom. The summed E-state index contributed by atoms with van der Waals surface area (Å²) >= 11 is 1.91. The molecule has 15 heteroatoms. The van der Waals surface area contributed by atoms with Crippen LogP contribution in [0.25, 0.3) is 0 Å². The van der Waals surface area contributed by atoms with Gasteiger partial charge >= 0.3 is 12.1 Å². The van der Waals surface area contributed by atoms with Gasteiger partial charge in [0.2, 0.25) is 5.95 Å². The molecule has 49 heavy (non-hydrogen) atoms. The Kier molecular flexibility index (Phi) is 18.5. The van der Waals surface area contributed by atoms with E-state index in [2.05, 4.69) is 42.1 Å². The number of nitrogens with zero attached hydrogens (tertiary/aromatic N) is 3. The first-order valence-electron chi connectivity index (χ1n) is 17.4. The van der Waals surface area contributed by atoms with Crippen molar-refractivity contribution in [1.82, 2.24) is 30.9 Å². The summed E-state index contributed by atoms with van der Waals surface area (Å²) in [5, 5.41) is 12.3. The van der Waals surface area contributed by atoms with Gasteiger partial charge in [-0.1, -0.05) is 6.42 Å². The summed E-state index contributed by atoms with van der Waals surface area (Å²) in [5.74, 6) is 5.57. The van der Waals surface area contributed by atoms with Crippen LogP contribution in [0.15, 0.2) is 0 Å². The van der Waals surface area contributed by atoms with Crippen LogP contribution in [0.2, 0.25) is 0 Å². The van der Waals surface area contributed by atoms with Gasteiger partial charge in [0, 0.05) is 62.8 Å². The van der Waals surface area contributed by atoms with Gasteiger partial charge in [-0.2, -0.15) is 21.7 Å². The van der Waals surface area contributed by atoms with E-state index in [4.69, 9.17) is 25.4 Å². The molecule has 0 unspecified atom stereocenters. The number of thioether (sulfide) groups is 1. The maximum atomic E-state index is 12.2. The molecular formula is C34H55N7O7S. The molecule has 1 aromatic heterocycles. The Morgan fingerprint density at radius 2 is 1.59 bits per heavy atom. The standard InChI is InChI=1S/C34H55N7O7S/c1-5-6-14-28-38-29(15-9-16-36-33(44)48-34(2,3)4)40-31(39-28)35-17-19-46-21-23-47-22-20-45-18-10-12-25(42)11-7-8-13-27-30-26(24-49-27)37-32(43)41-30/h1,26-27,30H,6-24H2,2-4H3,(H,36,44)(H2,37,41,43)(H,35,38,39,40)/t26-,27-,30-/m0/s1. The molecule has 3 heterocycles. The fraction of sp³-hybridized carbons (Fsp3) is 0.765. The molecule has 2 saturated heterocycles. The Balaban J connectivity index is 1.14. The van der Waals surface area contributed by atoms with Crippen LogP contribution in [0.4, 0.5) is 15.5 Å². The summed E-state index contributed by atoms with van der Waals surface area (Å²) in [6, 6.07) is 0.424. The fourth-order valence-corrected chi connectivity index (χ4v) is 6.83. The highest BCUT2D eigenvalue weighted by Gasteiger charge is 2.42. The highest BCUT2D eigenvalue weighted by Crippen LogP contribution is 2.33. The second-order valence-corrected chi connectivity index (χ2v) is 14.3. The van der Waals surface area contributed by atoms with Crippen LogP contribution in [0.3, 0.4) is 0 Å². The van der Waals surface area contributed by atoms with Crippen LogP contribution in [0, 0.1) is 12.3 Å². The molecule has 0 saturated carbocycles. The number of carbonyl (C=O) groups excluding carboxylic acids is 3. The maximum Gasteiger partial charge on any atom is 0.407 e. The number of aromatic nitrogens is 3. The number of terminal acetylenes is 1. The average Bonchev–Trinajstić information content (AvgIpc) is 3.60. The van der Waals surface area contributed by atoms with Crippen molar-refractivity contribution >= 4 is 35.6 Å². The summed E-state index contributed by atoms with van der Waals surface area (Å²) in [6.45, 7) is 9.25. The summed E-state index contributed by atoms with van der Waals surface area (Å²) in [7, 11) is 0. The van der Waals surface area contributed by atoms with Gasteiger partial charge in [0.25, 0.3) is 0 Å². The second-order valence-electron chi connectivity index (χ2n) is 13.0. The molecule has 0 bridgehead atoms. The predicted octanol–water partition coefficient (Wildman–Crippen LogP) is 3.43. The second kappa shape index (κ2) is 22.5. The number of alkyl carbamates (subject to hydrolysis) is 1. The van der Waals surface area contributed by atoms with Gasteiger partial charge in [-0.15, -0.1) is 12.3 Å². The number of Topliss-reactive ketones (excluding diaryl/α,β-unsaturated/α-hetero) is 1. The van der Waals surface area contributed by atoms with Crippen molar-refractivity contribution in [3.8, 4) is 12.3 Å². The van der Waals surface area contributed by atoms with Crippen molar-refractivity contribution in [2.75, 3.05) is 63.8 Å². The Bertz CT molecular complexity index is 1210. The topological polar surface area (TPSA) is 175 Å². The number of carbonyl (C=O) groups is 3. The molecule has 1 aromatic rings. The molecule has 2 fully saturated rings.